The van der Waals surface area contributed by atoms with E-state index in [4.69, 9.17) is 9.84 Å². The van der Waals surface area contributed by atoms with Gasteiger partial charge in [-0.3, -0.25) is 4.79 Å². The van der Waals surface area contributed by atoms with Crippen LogP contribution < -0.4 is 5.32 Å². The largest absolute Gasteiger partial charge is 0.416 e. The summed E-state index contributed by atoms with van der Waals surface area (Å²) in [5, 5.41) is 11.6. The van der Waals surface area contributed by atoms with Gasteiger partial charge in [0.1, 0.15) is 0 Å². The second kappa shape index (κ2) is 7.48. The van der Waals surface area contributed by atoms with Crippen molar-refractivity contribution in [3.63, 3.8) is 0 Å². The van der Waals surface area contributed by atoms with E-state index in [1.807, 2.05) is 0 Å². The Morgan fingerprint density at radius 1 is 1.33 bits per heavy atom. The minimum absolute atomic E-state index is 0.0722. The summed E-state index contributed by atoms with van der Waals surface area (Å²) in [5.74, 6) is -0.918. The molecule has 1 aliphatic rings. The lowest BCUT2D eigenvalue weighted by atomic mass is 9.84. The summed E-state index contributed by atoms with van der Waals surface area (Å²) in [7, 11) is 0. The highest BCUT2D eigenvalue weighted by atomic mass is 19.4. The number of amides is 1. The molecule has 1 amide bonds. The maximum Gasteiger partial charge on any atom is 0.416 e. The molecule has 1 aromatic rings. The maximum absolute atomic E-state index is 14.2. The standard InChI is InChI=1S/C16H19F4NO3/c17-13(11-1-3-12(4-2-11)16(18,19)20)14(23)21-9-15(5-7-22)6-8-24-10-15/h1-4,13,22H,5-10H2,(H,21,23)/t13-,15-/m0/s1. The third-order valence-corrected chi connectivity index (χ3v) is 4.23. The van der Waals surface area contributed by atoms with Crippen LogP contribution in [0, 0.1) is 5.41 Å². The molecule has 0 saturated carbocycles. The second-order valence-electron chi connectivity index (χ2n) is 5.98. The molecule has 2 N–H and O–H groups in total. The van der Waals surface area contributed by atoms with Gasteiger partial charge in [-0.2, -0.15) is 13.2 Å². The number of rotatable bonds is 6. The lowest BCUT2D eigenvalue weighted by Crippen LogP contribution is -2.40. The molecule has 4 nitrogen and oxygen atoms in total. The fraction of sp³-hybridized carbons (Fsp3) is 0.562. The van der Waals surface area contributed by atoms with Gasteiger partial charge in [-0.05, 0) is 30.5 Å². The van der Waals surface area contributed by atoms with Gasteiger partial charge in [-0.25, -0.2) is 4.39 Å². The van der Waals surface area contributed by atoms with Crippen LogP contribution in [0.2, 0.25) is 0 Å². The van der Waals surface area contributed by atoms with Gasteiger partial charge in [0.05, 0.1) is 12.2 Å². The summed E-state index contributed by atoms with van der Waals surface area (Å²) in [6, 6.07) is 3.39. The molecule has 134 valence electrons. The van der Waals surface area contributed by atoms with Gasteiger partial charge in [-0.15, -0.1) is 0 Å². The first-order valence-electron chi connectivity index (χ1n) is 7.55. The van der Waals surface area contributed by atoms with E-state index in [0.717, 1.165) is 24.3 Å². The Hall–Kier alpha value is -1.67. The Bertz CT molecular complexity index is 553. The van der Waals surface area contributed by atoms with Gasteiger partial charge in [-0.1, -0.05) is 12.1 Å². The van der Waals surface area contributed by atoms with Crippen LogP contribution in [0.4, 0.5) is 17.6 Å². The lowest BCUT2D eigenvalue weighted by molar-refractivity contribution is -0.137. The van der Waals surface area contributed by atoms with Gasteiger partial charge in [0, 0.05) is 25.2 Å². The van der Waals surface area contributed by atoms with Crippen LogP contribution in [0.25, 0.3) is 0 Å². The third-order valence-electron chi connectivity index (χ3n) is 4.23. The number of alkyl halides is 4. The highest BCUT2D eigenvalue weighted by Gasteiger charge is 2.36. The second-order valence-corrected chi connectivity index (χ2v) is 5.98. The molecule has 0 bridgehead atoms. The fourth-order valence-electron chi connectivity index (χ4n) is 2.67. The number of hydrogen-bond acceptors (Lipinski definition) is 3. The minimum Gasteiger partial charge on any atom is -0.396 e. The topological polar surface area (TPSA) is 58.6 Å². The van der Waals surface area contributed by atoms with E-state index in [0.29, 0.717) is 26.1 Å². The van der Waals surface area contributed by atoms with Crippen LogP contribution in [0.3, 0.4) is 0 Å². The van der Waals surface area contributed by atoms with Crippen molar-refractivity contribution in [2.24, 2.45) is 5.41 Å². The van der Waals surface area contributed by atoms with Gasteiger partial charge >= 0.3 is 6.18 Å². The molecule has 1 saturated heterocycles. The predicted octanol–water partition coefficient (Wildman–Crippen LogP) is 2.62. The highest BCUT2D eigenvalue weighted by Crippen LogP contribution is 2.32. The Balaban J connectivity index is 1.96. The molecular weight excluding hydrogens is 330 g/mol. The first kappa shape index (κ1) is 18.7. The number of benzene rings is 1. The average Bonchev–Trinajstić information content (AvgIpc) is 3.00. The van der Waals surface area contributed by atoms with Gasteiger partial charge < -0.3 is 15.2 Å². The number of halogens is 4. The van der Waals surface area contributed by atoms with Crippen molar-refractivity contribution in [3.8, 4) is 0 Å². The SMILES string of the molecule is O=C(NC[C@]1(CCO)CCOC1)[C@@H](F)c1ccc(C(F)(F)F)cc1. The van der Waals surface area contributed by atoms with E-state index in [1.54, 1.807) is 0 Å². The number of carbonyl (C=O) groups is 1. The van der Waals surface area contributed by atoms with E-state index in [2.05, 4.69) is 5.32 Å². The molecule has 2 atom stereocenters. The Morgan fingerprint density at radius 2 is 2.00 bits per heavy atom. The first-order chi connectivity index (χ1) is 11.3. The molecular formula is C16H19F4NO3. The van der Waals surface area contributed by atoms with Crippen LogP contribution in [0.15, 0.2) is 24.3 Å². The van der Waals surface area contributed by atoms with Crippen LogP contribution in [-0.2, 0) is 15.7 Å². The van der Waals surface area contributed by atoms with Crippen LogP contribution >= 0.6 is 0 Å². The molecule has 0 radical (unpaired) electrons. The van der Waals surface area contributed by atoms with Crippen molar-refractivity contribution in [1.82, 2.24) is 5.32 Å². The van der Waals surface area contributed by atoms with Crippen molar-refractivity contribution in [2.45, 2.75) is 25.2 Å². The maximum atomic E-state index is 14.2. The molecule has 1 aliphatic heterocycles. The molecule has 1 aromatic carbocycles. The molecule has 8 heteroatoms. The van der Waals surface area contributed by atoms with Crippen molar-refractivity contribution < 1.29 is 32.2 Å². The van der Waals surface area contributed by atoms with E-state index in [9.17, 15) is 22.4 Å². The summed E-state index contributed by atoms with van der Waals surface area (Å²) in [6.45, 7) is 0.948. The normalized spacial score (nSPS) is 22.4. The zero-order valence-electron chi connectivity index (χ0n) is 12.9. The fourth-order valence-corrected chi connectivity index (χ4v) is 2.67. The number of nitrogens with one attached hydrogen (secondary N) is 1. The molecule has 0 unspecified atom stereocenters. The molecule has 1 heterocycles. The zero-order valence-corrected chi connectivity index (χ0v) is 12.9. The molecule has 0 aliphatic carbocycles. The first-order valence-corrected chi connectivity index (χ1v) is 7.55. The van der Waals surface area contributed by atoms with Gasteiger partial charge in [0.25, 0.3) is 5.91 Å². The quantitative estimate of drug-likeness (QED) is 0.777. The lowest BCUT2D eigenvalue weighted by Gasteiger charge is -2.27. The Labute approximate surface area is 136 Å². The minimum atomic E-state index is -4.51. The van der Waals surface area contributed by atoms with Crippen molar-refractivity contribution in [2.75, 3.05) is 26.4 Å². The number of aliphatic hydroxyl groups is 1. The van der Waals surface area contributed by atoms with E-state index in [1.165, 1.54) is 0 Å². The van der Waals surface area contributed by atoms with Crippen LogP contribution in [0.5, 0.6) is 0 Å². The number of ether oxygens (including phenoxy) is 1. The monoisotopic (exact) mass is 349 g/mol. The van der Waals surface area contributed by atoms with Crippen LogP contribution in [-0.4, -0.2) is 37.4 Å². The summed E-state index contributed by atoms with van der Waals surface area (Å²) < 4.78 is 56.9. The average molecular weight is 349 g/mol. The van der Waals surface area contributed by atoms with E-state index < -0.39 is 29.2 Å². The van der Waals surface area contributed by atoms with Gasteiger partial charge in [0.15, 0.2) is 0 Å². The summed E-state index contributed by atoms with van der Waals surface area (Å²) in [5.41, 5.74) is -1.46. The number of carbonyl (C=O) groups excluding carboxylic acids is 1. The summed E-state index contributed by atoms with van der Waals surface area (Å²) >= 11 is 0. The number of aliphatic hydroxyl groups excluding tert-OH is 1. The highest BCUT2D eigenvalue weighted by molar-refractivity contribution is 5.82. The predicted molar refractivity (Wildman–Crippen MR) is 77.9 cm³/mol. The molecule has 24 heavy (non-hydrogen) atoms. The summed E-state index contributed by atoms with van der Waals surface area (Å²) in [6.07, 6.45) is -5.50. The Kier molecular flexibility index (Phi) is 5.82. The molecule has 2 rings (SSSR count). The third kappa shape index (κ3) is 4.45. The van der Waals surface area contributed by atoms with Crippen LogP contribution in [0.1, 0.15) is 30.1 Å². The molecule has 1 fully saturated rings. The van der Waals surface area contributed by atoms with Crippen molar-refractivity contribution >= 4 is 5.91 Å². The Morgan fingerprint density at radius 3 is 2.50 bits per heavy atom. The smallest absolute Gasteiger partial charge is 0.396 e. The molecule has 0 aromatic heterocycles. The van der Waals surface area contributed by atoms with Crippen molar-refractivity contribution in [3.05, 3.63) is 35.4 Å². The zero-order chi connectivity index (χ0) is 17.8. The van der Waals surface area contributed by atoms with E-state index >= 15 is 0 Å². The summed E-state index contributed by atoms with van der Waals surface area (Å²) in [4.78, 5) is 11.9. The molecule has 0 spiro atoms. The van der Waals surface area contributed by atoms with E-state index in [-0.39, 0.29) is 18.7 Å². The van der Waals surface area contributed by atoms with Gasteiger partial charge in [0.2, 0.25) is 6.17 Å². The van der Waals surface area contributed by atoms with Crippen molar-refractivity contribution in [1.29, 1.82) is 0 Å². The number of hydrogen-bond donors (Lipinski definition) is 2.